The van der Waals surface area contributed by atoms with E-state index in [0.29, 0.717) is 42.4 Å². The van der Waals surface area contributed by atoms with Gasteiger partial charge in [0.05, 0.1) is 17.8 Å². The quantitative estimate of drug-likeness (QED) is 0.363. The van der Waals surface area contributed by atoms with Crippen LogP contribution in [0.25, 0.3) is 0 Å². The summed E-state index contributed by atoms with van der Waals surface area (Å²) in [6.45, 7) is 13.8. The molecule has 0 aromatic carbocycles. The number of carbonyl (C=O) groups excluding carboxylic acids is 2. The summed E-state index contributed by atoms with van der Waals surface area (Å²) in [6.07, 6.45) is 7.56. The third-order valence-electron chi connectivity index (χ3n) is 12.6. The van der Waals surface area contributed by atoms with Crippen LogP contribution in [0, 0.1) is 46.3 Å². The lowest BCUT2D eigenvalue weighted by Crippen LogP contribution is -2.68. The molecular formula is C32H54O7. The maximum atomic E-state index is 11.8. The predicted octanol–water partition coefficient (Wildman–Crippen LogP) is 5.03. The van der Waals surface area contributed by atoms with E-state index in [1.807, 2.05) is 6.92 Å². The molecule has 0 bridgehead atoms. The Labute approximate surface area is 235 Å². The Bertz CT molecular complexity index is 922. The molecule has 0 unspecified atom stereocenters. The Morgan fingerprint density at radius 2 is 1.67 bits per heavy atom. The molecule has 224 valence electrons. The summed E-state index contributed by atoms with van der Waals surface area (Å²) in [6, 6.07) is 0. The van der Waals surface area contributed by atoms with E-state index in [1.165, 1.54) is 26.7 Å². The van der Waals surface area contributed by atoms with Gasteiger partial charge in [-0.25, -0.2) is 0 Å². The minimum Gasteiger partial charge on any atom is -0.462 e. The highest BCUT2D eigenvalue weighted by molar-refractivity contribution is 5.67. The Morgan fingerprint density at radius 1 is 0.974 bits per heavy atom. The minimum atomic E-state index is -1.19. The maximum absolute atomic E-state index is 11.8. The maximum Gasteiger partial charge on any atom is 0.303 e. The van der Waals surface area contributed by atoms with Crippen LogP contribution in [0.2, 0.25) is 0 Å². The van der Waals surface area contributed by atoms with E-state index in [-0.39, 0.29) is 41.7 Å². The van der Waals surface area contributed by atoms with Crippen molar-refractivity contribution in [3.63, 3.8) is 0 Å². The highest BCUT2D eigenvalue weighted by atomic mass is 16.6. The van der Waals surface area contributed by atoms with Crippen molar-refractivity contribution in [2.24, 2.45) is 46.3 Å². The van der Waals surface area contributed by atoms with Crippen molar-refractivity contribution >= 4 is 11.9 Å². The fraction of sp³-hybridized carbons (Fsp3) is 0.938. The summed E-state index contributed by atoms with van der Waals surface area (Å²) in [4.78, 5) is 23.3. The van der Waals surface area contributed by atoms with Crippen molar-refractivity contribution in [2.45, 2.75) is 136 Å². The van der Waals surface area contributed by atoms with E-state index >= 15 is 0 Å². The van der Waals surface area contributed by atoms with Gasteiger partial charge in [0.1, 0.15) is 12.2 Å². The molecule has 3 N–H and O–H groups in total. The Balaban J connectivity index is 1.45. The van der Waals surface area contributed by atoms with E-state index in [4.69, 9.17) is 9.47 Å². The summed E-state index contributed by atoms with van der Waals surface area (Å²) in [5.41, 5.74) is -2.18. The van der Waals surface area contributed by atoms with Crippen molar-refractivity contribution < 1.29 is 34.4 Å². The van der Waals surface area contributed by atoms with Crippen molar-refractivity contribution in [2.75, 3.05) is 6.61 Å². The average Bonchev–Trinajstić information content (AvgIpc) is 3.20. The molecule has 0 spiro atoms. The molecule has 0 heterocycles. The van der Waals surface area contributed by atoms with Crippen LogP contribution in [0.15, 0.2) is 0 Å². The molecule has 0 saturated heterocycles. The molecule has 0 aromatic rings. The third-order valence-corrected chi connectivity index (χ3v) is 12.6. The summed E-state index contributed by atoms with van der Waals surface area (Å²) in [5.74, 6) is 1.72. The van der Waals surface area contributed by atoms with Crippen molar-refractivity contribution in [3.05, 3.63) is 0 Å². The van der Waals surface area contributed by atoms with Gasteiger partial charge in [0, 0.05) is 25.7 Å². The Hall–Kier alpha value is -1.18. The van der Waals surface area contributed by atoms with Crippen molar-refractivity contribution in [1.82, 2.24) is 0 Å². The number of esters is 2. The second-order valence-electron chi connectivity index (χ2n) is 14.7. The second-order valence-corrected chi connectivity index (χ2v) is 14.7. The van der Waals surface area contributed by atoms with Crippen molar-refractivity contribution in [1.29, 1.82) is 0 Å². The lowest BCUT2D eigenvalue weighted by molar-refractivity contribution is -0.264. The first-order valence-electron chi connectivity index (χ1n) is 15.5. The molecule has 7 heteroatoms. The van der Waals surface area contributed by atoms with Gasteiger partial charge < -0.3 is 24.8 Å². The topological polar surface area (TPSA) is 113 Å². The highest BCUT2D eigenvalue weighted by Crippen LogP contribution is 2.69. The van der Waals surface area contributed by atoms with Gasteiger partial charge in [0.25, 0.3) is 0 Å². The minimum absolute atomic E-state index is 0.0386. The van der Waals surface area contributed by atoms with Gasteiger partial charge in [-0.15, -0.1) is 0 Å². The summed E-state index contributed by atoms with van der Waals surface area (Å²) >= 11 is 0. The van der Waals surface area contributed by atoms with Gasteiger partial charge in [-0.1, -0.05) is 34.1 Å². The number of aliphatic hydroxyl groups is 3. The predicted molar refractivity (Wildman–Crippen MR) is 148 cm³/mol. The molecule has 39 heavy (non-hydrogen) atoms. The zero-order chi connectivity index (χ0) is 29.0. The summed E-state index contributed by atoms with van der Waals surface area (Å²) < 4.78 is 10.9. The molecule has 4 aliphatic rings. The molecule has 0 aromatic heterocycles. The zero-order valence-corrected chi connectivity index (χ0v) is 25.4. The van der Waals surface area contributed by atoms with Crippen LogP contribution in [-0.2, 0) is 19.1 Å². The largest absolute Gasteiger partial charge is 0.462 e. The fourth-order valence-corrected chi connectivity index (χ4v) is 10.1. The number of aliphatic hydroxyl groups excluding tert-OH is 2. The zero-order valence-electron chi connectivity index (χ0n) is 25.4. The van der Waals surface area contributed by atoms with Gasteiger partial charge >= 0.3 is 11.9 Å². The molecule has 7 nitrogen and oxygen atoms in total. The molecule has 12 atom stereocenters. The number of ether oxygens (including phenoxy) is 2. The van der Waals surface area contributed by atoms with E-state index in [9.17, 15) is 24.9 Å². The fourth-order valence-electron chi connectivity index (χ4n) is 10.1. The van der Waals surface area contributed by atoms with Crippen LogP contribution in [0.5, 0.6) is 0 Å². The number of fused-ring (bicyclic) bond motifs is 5. The Kier molecular flexibility index (Phi) is 8.60. The van der Waals surface area contributed by atoms with Crippen LogP contribution in [0.4, 0.5) is 0 Å². The van der Waals surface area contributed by atoms with Gasteiger partial charge in [0.2, 0.25) is 0 Å². The van der Waals surface area contributed by atoms with E-state index < -0.39 is 23.4 Å². The molecular weight excluding hydrogens is 496 g/mol. The van der Waals surface area contributed by atoms with Crippen LogP contribution in [-0.4, -0.2) is 57.3 Å². The van der Waals surface area contributed by atoms with Crippen LogP contribution in [0.3, 0.4) is 0 Å². The molecule has 0 aliphatic heterocycles. The third kappa shape index (κ3) is 5.30. The highest BCUT2D eigenvalue weighted by Gasteiger charge is 2.67. The van der Waals surface area contributed by atoms with Gasteiger partial charge in [-0.05, 0) is 99.2 Å². The number of rotatable bonds is 8. The van der Waals surface area contributed by atoms with E-state index in [2.05, 4.69) is 27.7 Å². The first-order valence-corrected chi connectivity index (χ1v) is 15.5. The molecule has 4 rings (SSSR count). The van der Waals surface area contributed by atoms with Crippen LogP contribution < -0.4 is 0 Å². The molecule has 4 fully saturated rings. The first-order chi connectivity index (χ1) is 18.1. The average molecular weight is 551 g/mol. The Morgan fingerprint density at radius 3 is 2.31 bits per heavy atom. The lowest BCUT2D eigenvalue weighted by Gasteiger charge is -2.65. The number of hydrogen-bond donors (Lipinski definition) is 3. The van der Waals surface area contributed by atoms with Crippen LogP contribution in [0.1, 0.15) is 113 Å². The molecule has 0 radical (unpaired) electrons. The monoisotopic (exact) mass is 550 g/mol. The van der Waals surface area contributed by atoms with Gasteiger partial charge in [-0.2, -0.15) is 0 Å². The summed E-state index contributed by atoms with van der Waals surface area (Å²) in [5, 5.41) is 33.4. The smallest absolute Gasteiger partial charge is 0.303 e. The van der Waals surface area contributed by atoms with Gasteiger partial charge in [-0.3, -0.25) is 9.59 Å². The number of hydrogen-bond acceptors (Lipinski definition) is 7. The lowest BCUT2D eigenvalue weighted by atomic mass is 9.42. The summed E-state index contributed by atoms with van der Waals surface area (Å²) in [7, 11) is 0. The SMILES string of the molecule is CC(=O)OC[C@](C)(OC(C)=O)[C@@H](C)CC[C@@H](C)[C@H]1CC[C@H]2[C@@H]3C[C@@H](O)[C@@]4(O)C[C@@H](O)CC[C@]4(C)[C@H]3CC[C@]12C. The molecule has 4 aliphatic carbocycles. The van der Waals surface area contributed by atoms with Crippen LogP contribution >= 0.6 is 0 Å². The van der Waals surface area contributed by atoms with E-state index in [0.717, 1.165) is 32.1 Å². The van der Waals surface area contributed by atoms with Crippen molar-refractivity contribution in [3.8, 4) is 0 Å². The normalized spacial score (nSPS) is 44.7. The molecule has 4 saturated carbocycles. The molecule has 0 amide bonds. The number of carbonyl (C=O) groups is 2. The second kappa shape index (κ2) is 10.9. The van der Waals surface area contributed by atoms with E-state index in [1.54, 1.807) is 0 Å². The van der Waals surface area contributed by atoms with Gasteiger partial charge in [0.15, 0.2) is 0 Å². The first kappa shape index (κ1) is 30.8. The standard InChI is InChI=1S/C32H54O7/c1-19(8-9-20(2)31(7,39-22(4)34)18-38-21(3)33)25-10-11-26-24-16-28(36)32(37)17-23(35)12-15-30(32,6)27(24)13-14-29(25,26)5/h19-20,23-28,35-37H,8-18H2,1-7H3/t19-,20+,23+,24+,25-,26+,27+,28-,29-,30-,31+,32+/m1/s1.